The molecule has 0 aliphatic carbocycles. The van der Waals surface area contributed by atoms with Crippen LogP contribution in [0.2, 0.25) is 0 Å². The molecule has 1 amide bonds. The van der Waals surface area contributed by atoms with Crippen LogP contribution in [0.3, 0.4) is 0 Å². The molecule has 0 spiro atoms. The lowest BCUT2D eigenvalue weighted by Crippen LogP contribution is -2.43. The van der Waals surface area contributed by atoms with Crippen LogP contribution < -0.4 is 14.8 Å². The van der Waals surface area contributed by atoms with Gasteiger partial charge in [0, 0.05) is 0 Å². The molecule has 6 nitrogen and oxygen atoms in total. The van der Waals surface area contributed by atoms with Gasteiger partial charge in [-0.25, -0.2) is 4.79 Å². The number of esters is 1. The third-order valence-corrected chi connectivity index (χ3v) is 3.58. The second-order valence-corrected chi connectivity index (χ2v) is 5.60. The second kappa shape index (κ2) is 10.8. The zero-order valence-corrected chi connectivity index (χ0v) is 14.5. The van der Waals surface area contributed by atoms with Gasteiger partial charge in [0.15, 0.2) is 6.61 Å². The molecule has 1 aromatic rings. The van der Waals surface area contributed by atoms with Crippen LogP contribution in [0.4, 0.5) is 0 Å². The number of methoxy groups -OCH3 is 1. The molecule has 0 saturated heterocycles. The molecule has 0 fully saturated rings. The van der Waals surface area contributed by atoms with E-state index in [2.05, 4.69) is 5.32 Å². The number of benzene rings is 1. The predicted molar refractivity (Wildman–Crippen MR) is 90.1 cm³/mol. The van der Waals surface area contributed by atoms with E-state index in [1.54, 1.807) is 36.0 Å². The van der Waals surface area contributed by atoms with E-state index in [-0.39, 0.29) is 12.5 Å². The number of ether oxygens (including phenoxy) is 3. The summed E-state index contributed by atoms with van der Waals surface area (Å²) in [5, 5.41) is 2.63. The molecule has 7 heteroatoms. The lowest BCUT2D eigenvalue weighted by atomic mass is 10.2. The first kappa shape index (κ1) is 19.2. The third-order valence-electron chi connectivity index (χ3n) is 2.94. The summed E-state index contributed by atoms with van der Waals surface area (Å²) in [5.74, 6) is 1.23. The minimum Gasteiger partial charge on any atom is -0.494 e. The minimum absolute atomic E-state index is 0.166. The fourth-order valence-electron chi connectivity index (χ4n) is 1.81. The molecule has 0 aliphatic heterocycles. The average Bonchev–Trinajstić information content (AvgIpc) is 2.57. The zero-order valence-electron chi connectivity index (χ0n) is 13.7. The Bertz CT molecular complexity index is 492. The Balaban J connectivity index is 2.46. The zero-order chi connectivity index (χ0) is 17.1. The van der Waals surface area contributed by atoms with Gasteiger partial charge in [-0.1, -0.05) is 0 Å². The molecule has 1 atom stereocenters. The summed E-state index contributed by atoms with van der Waals surface area (Å²) in [6.45, 7) is 2.33. The molecule has 0 unspecified atom stereocenters. The predicted octanol–water partition coefficient (Wildman–Crippen LogP) is 1.87. The Kier molecular flexibility index (Phi) is 8.97. The lowest BCUT2D eigenvalue weighted by Gasteiger charge is -2.16. The smallest absolute Gasteiger partial charge is 0.328 e. The monoisotopic (exact) mass is 341 g/mol. The SMILES string of the molecule is CCOc1ccc(OCC(=O)N[C@@H](CCSC)C(=O)OC)cc1. The van der Waals surface area contributed by atoms with Crippen LogP contribution in [0, 0.1) is 0 Å². The summed E-state index contributed by atoms with van der Waals surface area (Å²) in [6, 6.07) is 6.34. The Morgan fingerprint density at radius 2 is 1.78 bits per heavy atom. The molecule has 0 aliphatic rings. The second-order valence-electron chi connectivity index (χ2n) is 4.62. The molecule has 0 heterocycles. The van der Waals surface area contributed by atoms with Gasteiger partial charge in [0.25, 0.3) is 5.91 Å². The van der Waals surface area contributed by atoms with Crippen LogP contribution in [0.15, 0.2) is 24.3 Å². The summed E-state index contributed by atoms with van der Waals surface area (Å²) in [7, 11) is 1.30. The number of thioether (sulfide) groups is 1. The highest BCUT2D eigenvalue weighted by Gasteiger charge is 2.21. The maximum Gasteiger partial charge on any atom is 0.328 e. The molecule has 0 aromatic heterocycles. The summed E-state index contributed by atoms with van der Waals surface area (Å²) >= 11 is 1.60. The van der Waals surface area contributed by atoms with Crippen molar-refractivity contribution in [1.82, 2.24) is 5.32 Å². The Morgan fingerprint density at radius 1 is 1.17 bits per heavy atom. The number of carbonyl (C=O) groups is 2. The van der Waals surface area contributed by atoms with Gasteiger partial charge in [0.1, 0.15) is 17.5 Å². The minimum atomic E-state index is -0.649. The number of rotatable bonds is 10. The Hall–Kier alpha value is -1.89. The van der Waals surface area contributed by atoms with Crippen molar-refractivity contribution in [1.29, 1.82) is 0 Å². The first-order chi connectivity index (χ1) is 11.1. The van der Waals surface area contributed by atoms with Crippen molar-refractivity contribution in [3.05, 3.63) is 24.3 Å². The quantitative estimate of drug-likeness (QED) is 0.655. The van der Waals surface area contributed by atoms with Crippen molar-refractivity contribution < 1.29 is 23.8 Å². The molecule has 0 bridgehead atoms. The fraction of sp³-hybridized carbons (Fsp3) is 0.500. The number of nitrogens with one attached hydrogen (secondary N) is 1. The molecular weight excluding hydrogens is 318 g/mol. The number of amides is 1. The van der Waals surface area contributed by atoms with E-state index in [4.69, 9.17) is 14.2 Å². The van der Waals surface area contributed by atoms with Gasteiger partial charge in [-0.05, 0) is 49.6 Å². The van der Waals surface area contributed by atoms with Crippen LogP contribution in [0.25, 0.3) is 0 Å². The van der Waals surface area contributed by atoms with Gasteiger partial charge >= 0.3 is 5.97 Å². The summed E-state index contributed by atoms with van der Waals surface area (Å²) in [5.41, 5.74) is 0. The van der Waals surface area contributed by atoms with E-state index in [1.165, 1.54) is 7.11 Å². The lowest BCUT2D eigenvalue weighted by molar-refractivity contribution is -0.145. The number of hydrogen-bond acceptors (Lipinski definition) is 6. The van der Waals surface area contributed by atoms with Crippen molar-refractivity contribution in [2.24, 2.45) is 0 Å². The Morgan fingerprint density at radius 3 is 2.30 bits per heavy atom. The van der Waals surface area contributed by atoms with E-state index in [0.29, 0.717) is 18.8 Å². The van der Waals surface area contributed by atoms with E-state index in [9.17, 15) is 9.59 Å². The van der Waals surface area contributed by atoms with E-state index >= 15 is 0 Å². The maximum absolute atomic E-state index is 11.9. The Labute approximate surface area is 140 Å². The highest BCUT2D eigenvalue weighted by atomic mass is 32.2. The van der Waals surface area contributed by atoms with Crippen LogP contribution >= 0.6 is 11.8 Å². The third kappa shape index (κ3) is 7.27. The van der Waals surface area contributed by atoms with Crippen LogP contribution in [0.1, 0.15) is 13.3 Å². The van der Waals surface area contributed by atoms with Crippen LogP contribution in [-0.2, 0) is 14.3 Å². The number of hydrogen-bond donors (Lipinski definition) is 1. The maximum atomic E-state index is 11.9. The standard InChI is InChI=1S/C16H23NO5S/c1-4-21-12-5-7-13(8-6-12)22-11-15(18)17-14(9-10-23-3)16(19)20-2/h5-8,14H,4,9-11H2,1-3H3,(H,17,18)/t14-/m0/s1. The first-order valence-electron chi connectivity index (χ1n) is 7.32. The molecule has 0 saturated carbocycles. The fourth-order valence-corrected chi connectivity index (χ4v) is 2.28. The van der Waals surface area contributed by atoms with Crippen LogP contribution in [-0.4, -0.2) is 50.3 Å². The molecule has 1 N–H and O–H groups in total. The van der Waals surface area contributed by atoms with Gasteiger partial charge in [0.2, 0.25) is 0 Å². The van der Waals surface area contributed by atoms with Gasteiger partial charge in [-0.2, -0.15) is 11.8 Å². The molecule has 1 aromatic carbocycles. The van der Waals surface area contributed by atoms with Crippen molar-refractivity contribution in [3.63, 3.8) is 0 Å². The van der Waals surface area contributed by atoms with Gasteiger partial charge in [0.05, 0.1) is 13.7 Å². The molecule has 1 rings (SSSR count). The van der Waals surface area contributed by atoms with Crippen molar-refractivity contribution in [2.75, 3.05) is 32.3 Å². The largest absolute Gasteiger partial charge is 0.494 e. The molecule has 23 heavy (non-hydrogen) atoms. The highest BCUT2D eigenvalue weighted by molar-refractivity contribution is 7.98. The van der Waals surface area contributed by atoms with Gasteiger partial charge in [-0.3, -0.25) is 4.79 Å². The number of carbonyl (C=O) groups excluding carboxylic acids is 2. The van der Waals surface area contributed by atoms with Crippen molar-refractivity contribution in [2.45, 2.75) is 19.4 Å². The summed E-state index contributed by atoms with van der Waals surface area (Å²) in [4.78, 5) is 23.5. The molecular formula is C16H23NO5S. The highest BCUT2D eigenvalue weighted by Crippen LogP contribution is 2.17. The summed E-state index contributed by atoms with van der Waals surface area (Å²) < 4.78 is 15.4. The van der Waals surface area contributed by atoms with Crippen LogP contribution in [0.5, 0.6) is 11.5 Å². The van der Waals surface area contributed by atoms with E-state index < -0.39 is 12.0 Å². The molecule has 0 radical (unpaired) electrons. The van der Waals surface area contributed by atoms with E-state index in [0.717, 1.165) is 11.5 Å². The molecule has 128 valence electrons. The normalized spacial score (nSPS) is 11.4. The van der Waals surface area contributed by atoms with Crippen molar-refractivity contribution in [3.8, 4) is 11.5 Å². The average molecular weight is 341 g/mol. The topological polar surface area (TPSA) is 73.9 Å². The first-order valence-corrected chi connectivity index (χ1v) is 8.71. The van der Waals surface area contributed by atoms with E-state index in [1.807, 2.05) is 13.2 Å². The van der Waals surface area contributed by atoms with Gasteiger partial charge < -0.3 is 19.5 Å². The van der Waals surface area contributed by atoms with Crippen molar-refractivity contribution >= 4 is 23.6 Å². The van der Waals surface area contributed by atoms with Gasteiger partial charge in [-0.15, -0.1) is 0 Å². The summed E-state index contributed by atoms with van der Waals surface area (Å²) in [6.07, 6.45) is 2.45.